The zero-order chi connectivity index (χ0) is 7.56. The predicted molar refractivity (Wildman–Crippen MR) is 45.1 cm³/mol. The van der Waals surface area contributed by atoms with E-state index in [0.29, 0.717) is 0 Å². The number of hydrogen-bond donors (Lipinski definition) is 0. The molecule has 0 aromatic rings. The van der Waals surface area contributed by atoms with Crippen LogP contribution in [0.5, 0.6) is 0 Å². The average Bonchev–Trinajstić information content (AvgIpc) is 2.46. The Kier molecular flexibility index (Phi) is 2.72. The molecule has 0 amide bonds. The summed E-state index contributed by atoms with van der Waals surface area (Å²) in [5.41, 5.74) is 0. The van der Waals surface area contributed by atoms with Crippen LogP contribution in [0.15, 0.2) is 0 Å². The van der Waals surface area contributed by atoms with Gasteiger partial charge in [-0.15, -0.1) is 0 Å². The van der Waals surface area contributed by atoms with Gasteiger partial charge in [-0.1, -0.05) is 13.8 Å². The second kappa shape index (κ2) is 3.38. The molecule has 60 valence electrons. The molecule has 0 aromatic carbocycles. The summed E-state index contributed by atoms with van der Waals surface area (Å²) in [6.07, 6.45) is 2.95. The van der Waals surface area contributed by atoms with Crippen LogP contribution in [0.25, 0.3) is 0 Å². The lowest BCUT2D eigenvalue weighted by atomic mass is 10.2. The topological polar surface area (TPSA) is 3.24 Å². The Morgan fingerprint density at radius 2 is 2.00 bits per heavy atom. The molecule has 0 bridgehead atoms. The lowest BCUT2D eigenvalue weighted by Gasteiger charge is -2.17. The first-order chi connectivity index (χ1) is 4.68. The van der Waals surface area contributed by atoms with Crippen molar-refractivity contribution in [1.82, 2.24) is 4.90 Å². The highest BCUT2D eigenvalue weighted by atomic mass is 15.1. The van der Waals surface area contributed by atoms with E-state index >= 15 is 0 Å². The van der Waals surface area contributed by atoms with Crippen LogP contribution >= 0.6 is 0 Å². The highest BCUT2D eigenvalue weighted by molar-refractivity contribution is 4.76. The van der Waals surface area contributed by atoms with Crippen LogP contribution < -0.4 is 0 Å². The molecule has 0 saturated heterocycles. The van der Waals surface area contributed by atoms with Gasteiger partial charge in [0, 0.05) is 13.1 Å². The van der Waals surface area contributed by atoms with E-state index in [9.17, 15) is 0 Å². The Balaban J connectivity index is 2.02. The average molecular weight is 141 g/mol. The highest BCUT2D eigenvalue weighted by Gasteiger charge is 2.22. The van der Waals surface area contributed by atoms with E-state index in [1.807, 2.05) is 0 Å². The van der Waals surface area contributed by atoms with Gasteiger partial charge in [-0.2, -0.15) is 0 Å². The van der Waals surface area contributed by atoms with E-state index < -0.39 is 0 Å². The van der Waals surface area contributed by atoms with E-state index in [4.69, 9.17) is 0 Å². The second-order valence-corrected chi connectivity index (χ2v) is 4.06. The first-order valence-corrected chi connectivity index (χ1v) is 4.37. The standard InChI is InChI=1S/C9H19N/c1-8(2)6-10(3)7-9-4-5-9/h8-9H,4-7H2,1-3H3. The maximum Gasteiger partial charge on any atom is 0.000672 e. The third kappa shape index (κ3) is 3.21. The fraction of sp³-hybridized carbons (Fsp3) is 1.00. The molecule has 1 rings (SSSR count). The molecule has 1 heteroatoms. The Hall–Kier alpha value is -0.0400. The van der Waals surface area contributed by atoms with E-state index in [2.05, 4.69) is 25.8 Å². The summed E-state index contributed by atoms with van der Waals surface area (Å²) in [6, 6.07) is 0. The van der Waals surface area contributed by atoms with Crippen molar-refractivity contribution >= 4 is 0 Å². The lowest BCUT2D eigenvalue weighted by Crippen LogP contribution is -2.25. The van der Waals surface area contributed by atoms with Crippen LogP contribution in [0.1, 0.15) is 26.7 Å². The molecule has 1 aliphatic carbocycles. The van der Waals surface area contributed by atoms with Crippen molar-refractivity contribution in [2.24, 2.45) is 11.8 Å². The predicted octanol–water partition coefficient (Wildman–Crippen LogP) is 1.98. The summed E-state index contributed by atoms with van der Waals surface area (Å²) in [5.74, 6) is 1.87. The quantitative estimate of drug-likeness (QED) is 0.578. The zero-order valence-electron chi connectivity index (χ0n) is 7.43. The van der Waals surface area contributed by atoms with E-state index in [1.165, 1.54) is 25.9 Å². The minimum Gasteiger partial charge on any atom is -0.306 e. The molecule has 1 aliphatic rings. The van der Waals surface area contributed by atoms with Gasteiger partial charge in [0.05, 0.1) is 0 Å². The van der Waals surface area contributed by atoms with Crippen molar-refractivity contribution in [3.8, 4) is 0 Å². The first-order valence-electron chi connectivity index (χ1n) is 4.37. The molecular formula is C9H19N. The molecule has 0 heterocycles. The largest absolute Gasteiger partial charge is 0.306 e. The Labute approximate surface area is 64.4 Å². The molecule has 0 atom stereocenters. The van der Waals surface area contributed by atoms with E-state index in [0.717, 1.165) is 11.8 Å². The fourth-order valence-electron chi connectivity index (χ4n) is 1.44. The van der Waals surface area contributed by atoms with Crippen LogP contribution in [0.4, 0.5) is 0 Å². The molecule has 1 nitrogen and oxygen atoms in total. The van der Waals surface area contributed by atoms with Gasteiger partial charge >= 0.3 is 0 Å². The summed E-state index contributed by atoms with van der Waals surface area (Å²) in [4.78, 5) is 2.46. The van der Waals surface area contributed by atoms with E-state index in [-0.39, 0.29) is 0 Å². The molecule has 0 unspecified atom stereocenters. The van der Waals surface area contributed by atoms with Gasteiger partial charge in [0.1, 0.15) is 0 Å². The van der Waals surface area contributed by atoms with Gasteiger partial charge in [0.2, 0.25) is 0 Å². The summed E-state index contributed by atoms with van der Waals surface area (Å²) in [7, 11) is 2.23. The summed E-state index contributed by atoms with van der Waals surface area (Å²) in [6.45, 7) is 7.15. The van der Waals surface area contributed by atoms with Crippen LogP contribution in [0.3, 0.4) is 0 Å². The van der Waals surface area contributed by atoms with Crippen molar-refractivity contribution in [2.45, 2.75) is 26.7 Å². The Morgan fingerprint density at radius 1 is 1.40 bits per heavy atom. The molecule has 1 saturated carbocycles. The van der Waals surface area contributed by atoms with Crippen molar-refractivity contribution in [1.29, 1.82) is 0 Å². The van der Waals surface area contributed by atoms with Crippen molar-refractivity contribution in [2.75, 3.05) is 20.1 Å². The van der Waals surface area contributed by atoms with Gasteiger partial charge in [-0.3, -0.25) is 0 Å². The summed E-state index contributed by atoms with van der Waals surface area (Å²) in [5, 5.41) is 0. The van der Waals surface area contributed by atoms with Gasteiger partial charge < -0.3 is 4.90 Å². The summed E-state index contributed by atoms with van der Waals surface area (Å²) < 4.78 is 0. The molecule has 1 fully saturated rings. The molecule has 0 aromatic heterocycles. The van der Waals surface area contributed by atoms with Gasteiger partial charge in [0.15, 0.2) is 0 Å². The summed E-state index contributed by atoms with van der Waals surface area (Å²) >= 11 is 0. The van der Waals surface area contributed by atoms with Crippen molar-refractivity contribution < 1.29 is 0 Å². The van der Waals surface area contributed by atoms with E-state index in [1.54, 1.807) is 0 Å². The number of nitrogens with zero attached hydrogens (tertiary/aromatic N) is 1. The van der Waals surface area contributed by atoms with Gasteiger partial charge in [0.25, 0.3) is 0 Å². The monoisotopic (exact) mass is 141 g/mol. The maximum absolute atomic E-state index is 2.46. The molecule has 0 aliphatic heterocycles. The van der Waals surface area contributed by atoms with Gasteiger partial charge in [-0.05, 0) is 31.7 Å². The van der Waals surface area contributed by atoms with Crippen LogP contribution in [0.2, 0.25) is 0 Å². The SMILES string of the molecule is CC(C)CN(C)CC1CC1. The van der Waals surface area contributed by atoms with Gasteiger partial charge in [-0.25, -0.2) is 0 Å². The third-order valence-electron chi connectivity index (χ3n) is 1.94. The molecular weight excluding hydrogens is 122 g/mol. The smallest absolute Gasteiger partial charge is 0.000672 e. The highest BCUT2D eigenvalue weighted by Crippen LogP contribution is 2.29. The molecule has 0 N–H and O–H groups in total. The maximum atomic E-state index is 2.46. The first kappa shape index (κ1) is 8.06. The Morgan fingerprint density at radius 3 is 2.40 bits per heavy atom. The molecule has 0 radical (unpaired) electrons. The fourth-order valence-corrected chi connectivity index (χ4v) is 1.44. The third-order valence-corrected chi connectivity index (χ3v) is 1.94. The zero-order valence-corrected chi connectivity index (χ0v) is 7.43. The van der Waals surface area contributed by atoms with Crippen LogP contribution in [-0.2, 0) is 0 Å². The van der Waals surface area contributed by atoms with Crippen LogP contribution in [-0.4, -0.2) is 25.0 Å². The van der Waals surface area contributed by atoms with Crippen molar-refractivity contribution in [3.63, 3.8) is 0 Å². The number of rotatable bonds is 4. The van der Waals surface area contributed by atoms with Crippen LogP contribution in [0, 0.1) is 11.8 Å². The second-order valence-electron chi connectivity index (χ2n) is 4.06. The minimum atomic E-state index is 0.823. The Bertz CT molecular complexity index is 90.9. The molecule has 0 spiro atoms. The lowest BCUT2D eigenvalue weighted by molar-refractivity contribution is 0.285. The molecule has 10 heavy (non-hydrogen) atoms. The van der Waals surface area contributed by atoms with Crippen molar-refractivity contribution in [3.05, 3.63) is 0 Å². The normalized spacial score (nSPS) is 18.9. The number of hydrogen-bond acceptors (Lipinski definition) is 1. The minimum absolute atomic E-state index is 0.823.